The summed E-state index contributed by atoms with van der Waals surface area (Å²) in [4.78, 5) is 4.53. The molecule has 0 saturated carbocycles. The molecule has 1 heterocycles. The van der Waals surface area contributed by atoms with E-state index in [4.69, 9.17) is 0 Å². The fraction of sp³-hybridized carbons (Fsp3) is 0. The van der Waals surface area contributed by atoms with Gasteiger partial charge in [0.15, 0.2) is 0 Å². The number of hydrogen-bond donors (Lipinski definition) is 2. The summed E-state index contributed by atoms with van der Waals surface area (Å²) in [5.41, 5.74) is 5.61. The van der Waals surface area contributed by atoms with Crippen LogP contribution >= 0.6 is 28.3 Å². The molecule has 0 unspecified atom stereocenters. The number of phenols is 1. The van der Waals surface area contributed by atoms with Gasteiger partial charge in [0.05, 0.1) is 11.9 Å². The molecular formula is C20H16BrN3OS. The normalized spacial score (nSPS) is 10.8. The molecule has 3 aromatic carbocycles. The van der Waals surface area contributed by atoms with E-state index in [1.807, 2.05) is 66.0 Å². The number of benzene rings is 3. The molecule has 0 spiro atoms. The summed E-state index contributed by atoms with van der Waals surface area (Å²) < 4.78 is 0. The maximum absolute atomic E-state index is 10.1. The lowest BCUT2D eigenvalue weighted by Crippen LogP contribution is -1.92. The number of hydrazone groups is 1. The summed E-state index contributed by atoms with van der Waals surface area (Å²) in [6, 6.07) is 21.5. The number of rotatable bonds is 4. The summed E-state index contributed by atoms with van der Waals surface area (Å²) in [5.74, 6) is 0.202. The second-order valence-electron chi connectivity index (χ2n) is 5.49. The summed E-state index contributed by atoms with van der Waals surface area (Å²) in [7, 11) is 0. The number of hydrogen-bond acceptors (Lipinski definition) is 5. The van der Waals surface area contributed by atoms with E-state index >= 15 is 0 Å². The third-order valence-corrected chi connectivity index (χ3v) is 4.62. The molecule has 0 fully saturated rings. The van der Waals surface area contributed by atoms with E-state index < -0.39 is 0 Å². The Morgan fingerprint density at radius 2 is 1.73 bits per heavy atom. The van der Waals surface area contributed by atoms with Crippen LogP contribution in [0.4, 0.5) is 5.13 Å². The molecule has 0 aliphatic heterocycles. The smallest absolute Gasteiger partial charge is 0.203 e. The third-order valence-electron chi connectivity index (χ3n) is 3.88. The molecule has 0 radical (unpaired) electrons. The summed E-state index contributed by atoms with van der Waals surface area (Å²) in [6.45, 7) is 0. The van der Waals surface area contributed by atoms with Crippen molar-refractivity contribution in [3.63, 3.8) is 0 Å². The maximum atomic E-state index is 10.1. The molecule has 0 saturated heterocycles. The summed E-state index contributed by atoms with van der Waals surface area (Å²) in [5, 5.41) is 19.1. The molecule has 0 atom stereocenters. The molecule has 4 rings (SSSR count). The van der Waals surface area contributed by atoms with E-state index in [1.165, 1.54) is 11.3 Å². The minimum absolute atomic E-state index is 0. The fourth-order valence-corrected chi connectivity index (χ4v) is 3.31. The highest BCUT2D eigenvalue weighted by atomic mass is 79.9. The van der Waals surface area contributed by atoms with Crippen molar-refractivity contribution in [3.8, 4) is 17.0 Å². The Morgan fingerprint density at radius 1 is 0.962 bits per heavy atom. The number of halogens is 1. The highest BCUT2D eigenvalue weighted by molar-refractivity contribution is 8.93. The van der Waals surface area contributed by atoms with Crippen LogP contribution in [0.3, 0.4) is 0 Å². The molecule has 0 aliphatic rings. The van der Waals surface area contributed by atoms with Crippen LogP contribution in [0.1, 0.15) is 5.56 Å². The van der Waals surface area contributed by atoms with E-state index in [1.54, 1.807) is 12.3 Å². The van der Waals surface area contributed by atoms with Crippen LogP contribution in [0.2, 0.25) is 0 Å². The van der Waals surface area contributed by atoms with Gasteiger partial charge in [-0.3, -0.25) is 5.43 Å². The average molecular weight is 426 g/mol. The minimum Gasteiger partial charge on any atom is -0.507 e. The molecule has 4 nitrogen and oxygen atoms in total. The Kier molecular flexibility index (Phi) is 5.65. The van der Waals surface area contributed by atoms with Crippen molar-refractivity contribution in [1.82, 2.24) is 4.98 Å². The number of fused-ring (bicyclic) bond motifs is 1. The zero-order valence-corrected chi connectivity index (χ0v) is 16.2. The number of nitrogens with zero attached hydrogens (tertiary/aromatic N) is 2. The quantitative estimate of drug-likeness (QED) is 0.326. The fourth-order valence-electron chi connectivity index (χ4n) is 2.64. The molecular weight excluding hydrogens is 410 g/mol. The predicted molar refractivity (Wildman–Crippen MR) is 115 cm³/mol. The molecule has 1 aromatic heterocycles. The van der Waals surface area contributed by atoms with Crippen LogP contribution in [0, 0.1) is 0 Å². The van der Waals surface area contributed by atoms with Gasteiger partial charge in [-0.05, 0) is 16.8 Å². The monoisotopic (exact) mass is 425 g/mol. The number of aromatic hydroxyl groups is 1. The maximum Gasteiger partial charge on any atom is 0.203 e. The lowest BCUT2D eigenvalue weighted by molar-refractivity contribution is 0.475. The lowest BCUT2D eigenvalue weighted by atomic mass is 10.0. The van der Waals surface area contributed by atoms with E-state index in [0.717, 1.165) is 22.0 Å². The molecule has 0 bridgehead atoms. The summed E-state index contributed by atoms with van der Waals surface area (Å²) >= 11 is 1.49. The van der Waals surface area contributed by atoms with Gasteiger partial charge in [0, 0.05) is 16.5 Å². The number of anilines is 1. The summed E-state index contributed by atoms with van der Waals surface area (Å²) in [6.07, 6.45) is 1.63. The van der Waals surface area contributed by atoms with Gasteiger partial charge in [-0.2, -0.15) is 5.10 Å². The Hall–Kier alpha value is -2.70. The Bertz CT molecular complexity index is 1050. The van der Waals surface area contributed by atoms with Gasteiger partial charge in [0.25, 0.3) is 0 Å². The number of aromatic nitrogens is 1. The first-order valence-electron chi connectivity index (χ1n) is 7.82. The molecule has 0 aliphatic carbocycles. The predicted octanol–water partition coefficient (Wildman–Crippen LogP) is 5.69. The first kappa shape index (κ1) is 18.1. The van der Waals surface area contributed by atoms with E-state index in [2.05, 4.69) is 15.5 Å². The van der Waals surface area contributed by atoms with Crippen molar-refractivity contribution in [3.05, 3.63) is 77.7 Å². The highest BCUT2D eigenvalue weighted by Crippen LogP contribution is 2.26. The van der Waals surface area contributed by atoms with Crippen molar-refractivity contribution < 1.29 is 5.11 Å². The first-order valence-corrected chi connectivity index (χ1v) is 8.70. The zero-order chi connectivity index (χ0) is 17.1. The third kappa shape index (κ3) is 3.76. The van der Waals surface area contributed by atoms with Gasteiger partial charge in [-0.15, -0.1) is 28.3 Å². The van der Waals surface area contributed by atoms with E-state index in [9.17, 15) is 5.11 Å². The molecule has 4 aromatic rings. The standard InChI is InChI=1S/C20H15N3OS.BrH/c24-19-11-10-14-6-4-5-9-16(14)17(19)12-21-23-20-22-18(13-25-20)15-7-2-1-3-8-15;/h1-13,24H,(H,22,23);1H/b21-12+;. The van der Waals surface area contributed by atoms with Crippen molar-refractivity contribution in [2.24, 2.45) is 5.10 Å². The van der Waals surface area contributed by atoms with Crippen molar-refractivity contribution in [2.45, 2.75) is 0 Å². The largest absolute Gasteiger partial charge is 0.507 e. The minimum atomic E-state index is 0. The van der Waals surface area contributed by atoms with Crippen LogP contribution in [-0.2, 0) is 0 Å². The van der Waals surface area contributed by atoms with Gasteiger partial charge >= 0.3 is 0 Å². The highest BCUT2D eigenvalue weighted by Gasteiger charge is 2.05. The van der Waals surface area contributed by atoms with Crippen LogP contribution < -0.4 is 5.43 Å². The van der Waals surface area contributed by atoms with Crippen molar-refractivity contribution >= 4 is 50.4 Å². The van der Waals surface area contributed by atoms with Gasteiger partial charge in [0.1, 0.15) is 5.75 Å². The number of nitrogens with one attached hydrogen (secondary N) is 1. The number of thiazole rings is 1. The zero-order valence-electron chi connectivity index (χ0n) is 13.7. The van der Waals surface area contributed by atoms with Crippen LogP contribution in [-0.4, -0.2) is 16.3 Å². The average Bonchev–Trinajstić information content (AvgIpc) is 3.13. The molecule has 2 N–H and O–H groups in total. The van der Waals surface area contributed by atoms with Gasteiger partial charge in [-0.25, -0.2) is 4.98 Å². The van der Waals surface area contributed by atoms with Gasteiger partial charge in [0.2, 0.25) is 5.13 Å². The van der Waals surface area contributed by atoms with Crippen molar-refractivity contribution in [2.75, 3.05) is 5.43 Å². The second-order valence-corrected chi connectivity index (χ2v) is 6.35. The molecule has 0 amide bonds. The Morgan fingerprint density at radius 3 is 2.58 bits per heavy atom. The van der Waals surface area contributed by atoms with Crippen LogP contribution in [0.5, 0.6) is 5.75 Å². The SMILES string of the molecule is Br.Oc1ccc2ccccc2c1/C=N/Nc1nc(-c2ccccc2)cs1. The van der Waals surface area contributed by atoms with Crippen molar-refractivity contribution in [1.29, 1.82) is 0 Å². The molecule has 26 heavy (non-hydrogen) atoms. The Labute approximate surface area is 165 Å². The topological polar surface area (TPSA) is 57.5 Å². The van der Waals surface area contributed by atoms with E-state index in [0.29, 0.717) is 10.7 Å². The first-order chi connectivity index (χ1) is 12.3. The van der Waals surface area contributed by atoms with Crippen LogP contribution in [0.15, 0.2) is 77.2 Å². The Balaban J connectivity index is 0.00000196. The second kappa shape index (κ2) is 8.12. The lowest BCUT2D eigenvalue weighted by Gasteiger charge is -2.04. The van der Waals surface area contributed by atoms with Crippen LogP contribution in [0.25, 0.3) is 22.0 Å². The van der Waals surface area contributed by atoms with Gasteiger partial charge in [-0.1, -0.05) is 60.7 Å². The molecule has 130 valence electrons. The number of phenolic OH excluding ortho intramolecular Hbond substituents is 1. The van der Waals surface area contributed by atoms with Gasteiger partial charge < -0.3 is 5.11 Å². The molecule has 6 heteroatoms. The van der Waals surface area contributed by atoms with E-state index in [-0.39, 0.29) is 22.7 Å².